The minimum absolute atomic E-state index is 0.276. The number of rotatable bonds is 8. The Labute approximate surface area is 198 Å². The van der Waals surface area contributed by atoms with Gasteiger partial charge in [0, 0.05) is 25.4 Å². The molecule has 0 atom stereocenters. The Balaban J connectivity index is 1.56. The fraction of sp³-hybridized carbons (Fsp3) is 0.391. The number of morpholine rings is 1. The summed E-state index contributed by atoms with van der Waals surface area (Å²) in [5.74, 6) is 0.980. The van der Waals surface area contributed by atoms with Crippen LogP contribution in [0.25, 0.3) is 11.4 Å². The van der Waals surface area contributed by atoms with Crippen LogP contribution in [0.1, 0.15) is 19.4 Å². The first-order valence-corrected chi connectivity index (χ1v) is 13.3. The molecular weight excluding hydrogens is 463 g/mol. The second-order valence-electron chi connectivity index (χ2n) is 8.24. The molecule has 10 heteroatoms. The number of aromatic nitrogens is 3. The van der Waals surface area contributed by atoms with Crippen molar-refractivity contribution >= 4 is 21.8 Å². The van der Waals surface area contributed by atoms with E-state index in [-0.39, 0.29) is 10.7 Å². The third-order valence-corrected chi connectivity index (χ3v) is 8.19. The van der Waals surface area contributed by atoms with Crippen LogP contribution in [0.3, 0.4) is 0 Å². The first kappa shape index (κ1) is 23.9. The van der Waals surface area contributed by atoms with E-state index < -0.39 is 10.0 Å². The van der Waals surface area contributed by atoms with Crippen LogP contribution in [0.5, 0.6) is 0 Å². The maximum Gasteiger partial charge on any atom is 0.243 e. The molecule has 0 spiro atoms. The van der Waals surface area contributed by atoms with Crippen LogP contribution >= 0.6 is 11.8 Å². The van der Waals surface area contributed by atoms with Gasteiger partial charge in [0.05, 0.1) is 23.7 Å². The molecule has 0 N–H and O–H groups in total. The van der Waals surface area contributed by atoms with Crippen molar-refractivity contribution in [3.63, 3.8) is 0 Å². The van der Waals surface area contributed by atoms with Crippen LogP contribution in [0.15, 0.2) is 58.6 Å². The number of nitrogens with zero attached hydrogens (tertiary/aromatic N) is 4. The smallest absolute Gasteiger partial charge is 0.243 e. The quantitative estimate of drug-likeness (QED) is 0.444. The summed E-state index contributed by atoms with van der Waals surface area (Å²) >= 11 is 1.46. The molecule has 0 radical (unpaired) electrons. The van der Waals surface area contributed by atoms with Crippen molar-refractivity contribution in [2.75, 3.05) is 26.3 Å². The van der Waals surface area contributed by atoms with E-state index >= 15 is 0 Å². The predicted molar refractivity (Wildman–Crippen MR) is 126 cm³/mol. The molecule has 7 nitrogen and oxygen atoms in total. The van der Waals surface area contributed by atoms with E-state index in [1.165, 1.54) is 22.1 Å². The van der Waals surface area contributed by atoms with E-state index in [9.17, 15) is 12.8 Å². The number of thioether (sulfide) groups is 1. The summed E-state index contributed by atoms with van der Waals surface area (Å²) in [5, 5.41) is 9.25. The number of hydrogen-bond donors (Lipinski definition) is 0. The zero-order valence-corrected chi connectivity index (χ0v) is 20.3. The zero-order valence-electron chi connectivity index (χ0n) is 18.6. The van der Waals surface area contributed by atoms with Gasteiger partial charge in [-0.15, -0.1) is 10.2 Å². The summed E-state index contributed by atoms with van der Waals surface area (Å²) in [6, 6.07) is 13.5. The third-order valence-electron chi connectivity index (χ3n) is 5.25. The van der Waals surface area contributed by atoms with E-state index in [0.717, 1.165) is 5.56 Å². The van der Waals surface area contributed by atoms with Crippen molar-refractivity contribution in [2.45, 2.75) is 36.2 Å². The van der Waals surface area contributed by atoms with Gasteiger partial charge in [-0.05, 0) is 35.7 Å². The van der Waals surface area contributed by atoms with Gasteiger partial charge >= 0.3 is 0 Å². The number of hydrogen-bond acceptors (Lipinski definition) is 6. The number of ether oxygens (including phenoxy) is 1. The monoisotopic (exact) mass is 490 g/mol. The molecule has 2 aromatic carbocycles. The van der Waals surface area contributed by atoms with Crippen molar-refractivity contribution in [1.82, 2.24) is 19.1 Å². The van der Waals surface area contributed by atoms with E-state index in [2.05, 4.69) is 24.0 Å². The Kier molecular flexibility index (Phi) is 7.48. The second-order valence-corrected chi connectivity index (χ2v) is 11.1. The molecule has 176 valence electrons. The zero-order chi connectivity index (χ0) is 23.4. The largest absolute Gasteiger partial charge is 0.379 e. The van der Waals surface area contributed by atoms with Gasteiger partial charge in [-0.1, -0.05) is 49.9 Å². The first-order valence-electron chi connectivity index (χ1n) is 10.8. The molecule has 2 heterocycles. The molecule has 1 aliphatic rings. The summed E-state index contributed by atoms with van der Waals surface area (Å²) in [6.45, 7) is 6.34. The van der Waals surface area contributed by atoms with E-state index in [1.807, 2.05) is 10.6 Å². The first-order chi connectivity index (χ1) is 15.9. The van der Waals surface area contributed by atoms with Crippen LogP contribution in [0.4, 0.5) is 4.39 Å². The molecule has 0 unspecified atom stereocenters. The molecule has 1 aromatic heterocycles. The summed E-state index contributed by atoms with van der Waals surface area (Å²) in [5.41, 5.74) is 1.27. The Morgan fingerprint density at radius 1 is 1.09 bits per heavy atom. The van der Waals surface area contributed by atoms with Gasteiger partial charge in [-0.25, -0.2) is 12.8 Å². The molecule has 3 aromatic rings. The minimum Gasteiger partial charge on any atom is -0.379 e. The lowest BCUT2D eigenvalue weighted by Crippen LogP contribution is -2.40. The lowest BCUT2D eigenvalue weighted by molar-refractivity contribution is 0.0730. The van der Waals surface area contributed by atoms with Gasteiger partial charge in [0.2, 0.25) is 10.0 Å². The van der Waals surface area contributed by atoms with E-state index in [4.69, 9.17) is 4.74 Å². The van der Waals surface area contributed by atoms with Crippen LogP contribution in [0.2, 0.25) is 0 Å². The van der Waals surface area contributed by atoms with Gasteiger partial charge in [-0.2, -0.15) is 4.31 Å². The van der Waals surface area contributed by atoms with Gasteiger partial charge in [0.25, 0.3) is 0 Å². The number of sulfonamides is 1. The average molecular weight is 491 g/mol. The summed E-state index contributed by atoms with van der Waals surface area (Å²) in [7, 11) is -3.56. The number of benzene rings is 2. The Hall–Kier alpha value is -2.27. The second kappa shape index (κ2) is 10.3. The van der Waals surface area contributed by atoms with Crippen LogP contribution < -0.4 is 0 Å². The SMILES string of the molecule is CC(C)Cn1c(SCc2cccc(S(=O)(=O)N3CCOCC3)c2)nnc1-c1ccccc1F. The predicted octanol–water partition coefficient (Wildman–Crippen LogP) is 4.05. The topological polar surface area (TPSA) is 77.3 Å². The molecule has 1 fully saturated rings. The Morgan fingerprint density at radius 2 is 1.85 bits per heavy atom. The molecule has 4 rings (SSSR count). The highest BCUT2D eigenvalue weighted by atomic mass is 32.2. The molecule has 0 bridgehead atoms. The normalized spacial score (nSPS) is 15.3. The number of halogens is 1. The molecule has 0 aliphatic carbocycles. The Morgan fingerprint density at radius 3 is 2.58 bits per heavy atom. The molecule has 0 saturated carbocycles. The van der Waals surface area contributed by atoms with E-state index in [0.29, 0.717) is 61.1 Å². The Bertz CT molecular complexity index is 1210. The van der Waals surface area contributed by atoms with Crippen molar-refractivity contribution in [1.29, 1.82) is 0 Å². The lowest BCUT2D eigenvalue weighted by Gasteiger charge is -2.26. The summed E-state index contributed by atoms with van der Waals surface area (Å²) in [4.78, 5) is 0.276. The van der Waals surface area contributed by atoms with Crippen LogP contribution in [-0.2, 0) is 27.1 Å². The maximum atomic E-state index is 14.4. The molecular formula is C23H27FN4O3S2. The van der Waals surface area contributed by atoms with Gasteiger partial charge in [-0.3, -0.25) is 0 Å². The van der Waals surface area contributed by atoms with Crippen molar-refractivity contribution in [2.24, 2.45) is 5.92 Å². The summed E-state index contributed by atoms with van der Waals surface area (Å²) in [6.07, 6.45) is 0. The highest BCUT2D eigenvalue weighted by Gasteiger charge is 2.26. The standard InChI is InChI=1S/C23H27FN4O3S2/c1-17(2)15-28-22(20-8-3-4-9-21(20)24)25-26-23(28)32-16-18-6-5-7-19(14-18)33(29,30)27-10-12-31-13-11-27/h3-9,14,17H,10-13,15-16H2,1-2H3. The molecule has 33 heavy (non-hydrogen) atoms. The molecule has 1 aliphatic heterocycles. The summed E-state index contributed by atoms with van der Waals surface area (Å²) < 4.78 is 49.0. The minimum atomic E-state index is -3.56. The molecule has 1 saturated heterocycles. The van der Waals surface area contributed by atoms with Crippen LogP contribution in [0, 0.1) is 11.7 Å². The van der Waals surface area contributed by atoms with Crippen molar-refractivity contribution < 1.29 is 17.5 Å². The molecule has 0 amide bonds. The van der Waals surface area contributed by atoms with E-state index in [1.54, 1.807) is 36.4 Å². The highest BCUT2D eigenvalue weighted by molar-refractivity contribution is 7.98. The van der Waals surface area contributed by atoms with Gasteiger partial charge in [0.15, 0.2) is 11.0 Å². The maximum absolute atomic E-state index is 14.4. The van der Waals surface area contributed by atoms with Gasteiger partial charge < -0.3 is 9.30 Å². The fourth-order valence-corrected chi connectivity index (χ4v) is 6.02. The van der Waals surface area contributed by atoms with Crippen molar-refractivity contribution in [3.05, 3.63) is 59.9 Å². The lowest BCUT2D eigenvalue weighted by atomic mass is 10.2. The fourth-order valence-electron chi connectivity index (χ4n) is 3.65. The average Bonchev–Trinajstić information content (AvgIpc) is 3.20. The van der Waals surface area contributed by atoms with Crippen LogP contribution in [-0.4, -0.2) is 53.8 Å². The highest BCUT2D eigenvalue weighted by Crippen LogP contribution is 2.29. The third kappa shape index (κ3) is 5.46. The van der Waals surface area contributed by atoms with Gasteiger partial charge in [0.1, 0.15) is 5.82 Å². The van der Waals surface area contributed by atoms with Crippen molar-refractivity contribution in [3.8, 4) is 11.4 Å².